The minimum atomic E-state index is -0.587. The molecule has 1 aliphatic heterocycles. The quantitative estimate of drug-likeness (QED) is 0.0307. The maximum Gasteiger partial charge on any atom is 0.338 e. The molecule has 3 aromatic carbocycles. The van der Waals surface area contributed by atoms with E-state index in [-0.39, 0.29) is 5.41 Å². The standard InChI is InChI=1S/C52H55N3O4/c1-5-6-7-8-9-21-33-52(40-44-27-18-12-19-28-44)47-36-45(56-3)30-31-48(47)55-49(52)29-20-13-22-34-54-35-32-46(57-4)37-50(59-58-41-53)51(2,38-42-23-14-10-15-24-42)39-43-25-16-11-17-26-43/h5-18,20-27,29-32,34-37,55H,19,28,33,38-40H2,1-4H3/b6-5-,8-7-,20-13+,21-9+,34-22+,46-32+,49-29+,50-37-,54-35+. The molecule has 5 rings (SSSR count). The van der Waals surface area contributed by atoms with Gasteiger partial charge in [0.15, 0.2) is 5.76 Å². The molecule has 1 unspecified atom stereocenters. The Morgan fingerprint density at radius 2 is 1.64 bits per heavy atom. The van der Waals surface area contributed by atoms with E-state index in [1.54, 1.807) is 45.0 Å². The minimum absolute atomic E-state index is 0.300. The number of hydrogen-bond acceptors (Lipinski definition) is 7. The Morgan fingerprint density at radius 1 is 0.915 bits per heavy atom. The molecule has 302 valence electrons. The Bertz CT molecular complexity index is 2170. The van der Waals surface area contributed by atoms with E-state index in [0.29, 0.717) is 24.4 Å². The summed E-state index contributed by atoms with van der Waals surface area (Å²) in [6.07, 6.45) is 40.9. The SMILES string of the molecule is C\C=C/C=C\C=C\CC1(CC2=CC=CCC2)\C(=C/C=C/C=C/N=C/C=C(\C=C(/OOC#N)C(C)(Cc2ccccc2)Cc2ccccc2)OC)Nc2ccc(OC)cc21. The second-order valence-electron chi connectivity index (χ2n) is 14.7. The molecular formula is C52H55N3O4. The number of nitrogens with one attached hydrogen (secondary N) is 1. The van der Waals surface area contributed by atoms with Gasteiger partial charge in [0, 0.05) is 40.7 Å². The number of nitrogens with zero attached hydrogens (tertiary/aromatic N) is 2. The van der Waals surface area contributed by atoms with Crippen molar-refractivity contribution in [3.63, 3.8) is 0 Å². The Kier molecular flexibility index (Phi) is 16.8. The van der Waals surface area contributed by atoms with Crippen LogP contribution in [-0.2, 0) is 32.8 Å². The maximum absolute atomic E-state index is 9.27. The monoisotopic (exact) mass is 785 g/mol. The van der Waals surface area contributed by atoms with Crippen LogP contribution in [0.1, 0.15) is 56.2 Å². The fraction of sp³-hybridized carbons (Fsp3) is 0.231. The van der Waals surface area contributed by atoms with E-state index >= 15 is 0 Å². The first-order valence-corrected chi connectivity index (χ1v) is 20.0. The van der Waals surface area contributed by atoms with Crippen LogP contribution in [0.2, 0.25) is 0 Å². The maximum atomic E-state index is 9.27. The number of allylic oxidation sites excluding steroid dienone is 18. The van der Waals surface area contributed by atoms with Crippen molar-refractivity contribution in [3.05, 3.63) is 216 Å². The zero-order chi connectivity index (χ0) is 41.6. The highest BCUT2D eigenvalue weighted by Gasteiger charge is 2.43. The molecule has 0 amide bonds. The van der Waals surface area contributed by atoms with Crippen molar-refractivity contribution in [3.8, 4) is 12.0 Å². The van der Waals surface area contributed by atoms with Gasteiger partial charge in [0.05, 0.1) is 14.2 Å². The third-order valence-corrected chi connectivity index (χ3v) is 10.4. The average Bonchev–Trinajstić information content (AvgIpc) is 3.55. The van der Waals surface area contributed by atoms with E-state index in [4.69, 9.17) is 19.2 Å². The van der Waals surface area contributed by atoms with Gasteiger partial charge in [-0.1, -0.05) is 140 Å². The number of ether oxygens (including phenoxy) is 2. The van der Waals surface area contributed by atoms with Gasteiger partial charge < -0.3 is 14.8 Å². The molecule has 2 aliphatic rings. The van der Waals surface area contributed by atoms with Gasteiger partial charge >= 0.3 is 6.26 Å². The number of aliphatic imine (C=N–C) groups is 1. The number of fused-ring (bicyclic) bond motifs is 1. The lowest BCUT2D eigenvalue weighted by Gasteiger charge is -2.32. The lowest BCUT2D eigenvalue weighted by atomic mass is 9.71. The second-order valence-corrected chi connectivity index (χ2v) is 14.7. The average molecular weight is 786 g/mol. The number of rotatable bonds is 20. The first-order valence-electron chi connectivity index (χ1n) is 20.0. The van der Waals surface area contributed by atoms with Crippen LogP contribution in [-0.4, -0.2) is 20.4 Å². The molecule has 1 heterocycles. The number of methoxy groups -OCH3 is 2. The summed E-state index contributed by atoms with van der Waals surface area (Å²) in [6.45, 7) is 4.11. The van der Waals surface area contributed by atoms with E-state index in [0.717, 1.165) is 53.9 Å². The summed E-state index contributed by atoms with van der Waals surface area (Å²) < 4.78 is 11.4. The van der Waals surface area contributed by atoms with E-state index in [1.807, 2.05) is 79.8 Å². The van der Waals surface area contributed by atoms with Crippen LogP contribution in [0.3, 0.4) is 0 Å². The molecule has 0 bridgehead atoms. The molecule has 59 heavy (non-hydrogen) atoms. The molecule has 7 nitrogen and oxygen atoms in total. The summed E-state index contributed by atoms with van der Waals surface area (Å²) in [5.74, 6) is 1.78. The highest BCUT2D eigenvalue weighted by atomic mass is 17.2. The second kappa shape index (κ2) is 22.8. The molecule has 0 radical (unpaired) electrons. The highest BCUT2D eigenvalue weighted by Crippen LogP contribution is 2.52. The molecule has 0 saturated heterocycles. The van der Waals surface area contributed by atoms with Crippen LogP contribution in [0.25, 0.3) is 0 Å². The lowest BCUT2D eigenvalue weighted by molar-refractivity contribution is -0.216. The number of hydrogen-bond donors (Lipinski definition) is 1. The Labute approximate surface area is 350 Å². The van der Waals surface area contributed by atoms with Gasteiger partial charge in [-0.15, -0.1) is 5.26 Å². The number of nitriles is 1. The van der Waals surface area contributed by atoms with Gasteiger partial charge in [-0.25, -0.2) is 4.89 Å². The van der Waals surface area contributed by atoms with Crippen LogP contribution < -0.4 is 10.1 Å². The number of benzene rings is 3. The van der Waals surface area contributed by atoms with Crippen LogP contribution in [0.15, 0.2) is 204 Å². The summed E-state index contributed by atoms with van der Waals surface area (Å²) in [5, 5.41) is 13.0. The Hall–Kier alpha value is -6.78. The molecular weight excluding hydrogens is 731 g/mol. The van der Waals surface area contributed by atoms with E-state index in [9.17, 15) is 5.26 Å². The van der Waals surface area contributed by atoms with Crippen molar-refractivity contribution in [1.82, 2.24) is 0 Å². The third-order valence-electron chi connectivity index (χ3n) is 10.4. The first kappa shape index (κ1) is 43.3. The fourth-order valence-corrected chi connectivity index (χ4v) is 7.50. The summed E-state index contributed by atoms with van der Waals surface area (Å²) in [5.41, 5.74) is 6.26. The lowest BCUT2D eigenvalue weighted by Crippen LogP contribution is -2.27. The zero-order valence-electron chi connectivity index (χ0n) is 34.6. The zero-order valence-corrected chi connectivity index (χ0v) is 34.6. The molecule has 1 atom stereocenters. The van der Waals surface area contributed by atoms with Gasteiger partial charge in [0.1, 0.15) is 11.5 Å². The van der Waals surface area contributed by atoms with E-state index in [1.165, 1.54) is 11.1 Å². The van der Waals surface area contributed by atoms with Crippen molar-refractivity contribution in [2.24, 2.45) is 10.4 Å². The largest absolute Gasteiger partial charge is 0.497 e. The highest BCUT2D eigenvalue weighted by molar-refractivity contribution is 5.73. The van der Waals surface area contributed by atoms with Gasteiger partial charge in [0.25, 0.3) is 0 Å². The number of anilines is 1. The van der Waals surface area contributed by atoms with Gasteiger partial charge in [-0.2, -0.15) is 0 Å². The molecule has 0 aromatic heterocycles. The molecule has 0 saturated carbocycles. The minimum Gasteiger partial charge on any atom is -0.497 e. The molecule has 1 N–H and O–H groups in total. The third kappa shape index (κ3) is 12.6. The van der Waals surface area contributed by atoms with Crippen molar-refractivity contribution < 1.29 is 19.2 Å². The Balaban J connectivity index is 1.38. The summed E-state index contributed by atoms with van der Waals surface area (Å²) in [7, 11) is 3.30. The van der Waals surface area contributed by atoms with E-state index in [2.05, 4.69) is 102 Å². The van der Waals surface area contributed by atoms with Crippen LogP contribution in [0.5, 0.6) is 5.75 Å². The van der Waals surface area contributed by atoms with Crippen molar-refractivity contribution in [2.45, 2.75) is 57.8 Å². The van der Waals surface area contributed by atoms with Crippen molar-refractivity contribution >= 4 is 11.9 Å². The molecule has 3 aromatic rings. The fourth-order valence-electron chi connectivity index (χ4n) is 7.50. The van der Waals surface area contributed by atoms with Crippen LogP contribution >= 0.6 is 0 Å². The predicted octanol–water partition coefficient (Wildman–Crippen LogP) is 12.5. The molecule has 0 fully saturated rings. The van der Waals surface area contributed by atoms with Crippen LogP contribution in [0, 0.1) is 16.9 Å². The topological polar surface area (TPSA) is 85.1 Å². The van der Waals surface area contributed by atoms with Crippen molar-refractivity contribution in [2.75, 3.05) is 19.5 Å². The van der Waals surface area contributed by atoms with Crippen LogP contribution in [0.4, 0.5) is 5.69 Å². The summed E-state index contributed by atoms with van der Waals surface area (Å²) in [6, 6.07) is 26.7. The van der Waals surface area contributed by atoms with Crippen molar-refractivity contribution in [1.29, 1.82) is 5.26 Å². The smallest absolute Gasteiger partial charge is 0.338 e. The normalized spacial score (nSPS) is 18.0. The van der Waals surface area contributed by atoms with Gasteiger partial charge in [0.2, 0.25) is 0 Å². The summed E-state index contributed by atoms with van der Waals surface area (Å²) >= 11 is 0. The molecule has 1 aliphatic carbocycles. The first-order chi connectivity index (χ1) is 28.9. The van der Waals surface area contributed by atoms with Gasteiger partial charge in [-0.3, -0.25) is 9.88 Å². The Morgan fingerprint density at radius 3 is 2.31 bits per heavy atom. The molecule has 0 spiro atoms. The predicted molar refractivity (Wildman–Crippen MR) is 241 cm³/mol. The van der Waals surface area contributed by atoms with E-state index < -0.39 is 5.41 Å². The summed E-state index contributed by atoms with van der Waals surface area (Å²) in [4.78, 5) is 15.0. The van der Waals surface area contributed by atoms with Gasteiger partial charge in [-0.05, 0) is 98.6 Å². The molecule has 7 heteroatoms.